The largest absolute Gasteiger partial charge is 0.480 e. The van der Waals surface area contributed by atoms with Gasteiger partial charge in [0.1, 0.15) is 6.04 Å². The highest BCUT2D eigenvalue weighted by Gasteiger charge is 2.25. The molecule has 0 aliphatic carbocycles. The number of carbonyl (C=O) groups is 2. The van der Waals surface area contributed by atoms with Gasteiger partial charge in [0.2, 0.25) is 0 Å². The van der Waals surface area contributed by atoms with E-state index in [1.165, 1.54) is 0 Å². The lowest BCUT2D eigenvalue weighted by Gasteiger charge is -2.19. The van der Waals surface area contributed by atoms with Crippen LogP contribution >= 0.6 is 11.8 Å². The maximum atomic E-state index is 11.5. The molecular formula is C10H18N2O3S. The van der Waals surface area contributed by atoms with Crippen LogP contribution < -0.4 is 10.6 Å². The van der Waals surface area contributed by atoms with E-state index in [2.05, 4.69) is 10.6 Å². The van der Waals surface area contributed by atoms with Crippen LogP contribution in [0.3, 0.4) is 0 Å². The molecule has 6 heteroatoms. The van der Waals surface area contributed by atoms with E-state index in [4.69, 9.17) is 5.11 Å². The Morgan fingerprint density at radius 1 is 1.44 bits per heavy atom. The third-order valence-corrected chi connectivity index (χ3v) is 3.65. The molecular weight excluding hydrogens is 228 g/mol. The van der Waals surface area contributed by atoms with Gasteiger partial charge in [0, 0.05) is 11.8 Å². The summed E-state index contributed by atoms with van der Waals surface area (Å²) in [6.45, 7) is 3.54. The molecule has 92 valence electrons. The van der Waals surface area contributed by atoms with Gasteiger partial charge in [-0.2, -0.15) is 11.8 Å². The summed E-state index contributed by atoms with van der Waals surface area (Å²) in [5, 5.41) is 14.2. The molecule has 1 aliphatic rings. The second kappa shape index (κ2) is 5.98. The van der Waals surface area contributed by atoms with Gasteiger partial charge in [-0.1, -0.05) is 13.8 Å². The Bertz CT molecular complexity index is 265. The van der Waals surface area contributed by atoms with Gasteiger partial charge in [-0.3, -0.25) is 0 Å². The fourth-order valence-corrected chi connectivity index (χ4v) is 2.68. The molecule has 1 heterocycles. The first-order chi connectivity index (χ1) is 7.50. The minimum Gasteiger partial charge on any atom is -0.480 e. The molecule has 3 N–H and O–H groups in total. The van der Waals surface area contributed by atoms with Gasteiger partial charge in [0.15, 0.2) is 0 Å². The number of carboxylic acids is 1. The summed E-state index contributed by atoms with van der Waals surface area (Å²) in [6, 6.07) is -1.03. The van der Waals surface area contributed by atoms with Crippen LogP contribution in [0.25, 0.3) is 0 Å². The molecule has 0 radical (unpaired) electrons. The molecule has 2 amide bonds. The van der Waals surface area contributed by atoms with E-state index in [1.807, 2.05) is 0 Å². The lowest BCUT2D eigenvalue weighted by molar-refractivity contribution is -0.140. The predicted octanol–water partition coefficient (Wildman–Crippen LogP) is 0.900. The lowest BCUT2D eigenvalue weighted by Crippen LogP contribution is -2.51. The average molecular weight is 246 g/mol. The third kappa shape index (κ3) is 3.92. The molecule has 0 aromatic heterocycles. The van der Waals surface area contributed by atoms with Crippen molar-refractivity contribution < 1.29 is 14.7 Å². The first-order valence-corrected chi connectivity index (χ1v) is 6.53. The van der Waals surface area contributed by atoms with E-state index in [-0.39, 0.29) is 18.0 Å². The highest BCUT2D eigenvalue weighted by atomic mass is 32.2. The fraction of sp³-hybridized carbons (Fsp3) is 0.800. The van der Waals surface area contributed by atoms with Crippen LogP contribution in [0.1, 0.15) is 20.3 Å². The number of urea groups is 1. The van der Waals surface area contributed by atoms with Crippen molar-refractivity contribution >= 4 is 23.8 Å². The minimum absolute atomic E-state index is 0.124. The number of hydrogen-bond acceptors (Lipinski definition) is 3. The Labute approximate surface area is 99.4 Å². The van der Waals surface area contributed by atoms with Gasteiger partial charge >= 0.3 is 12.0 Å². The van der Waals surface area contributed by atoms with Crippen molar-refractivity contribution in [1.82, 2.24) is 10.6 Å². The zero-order valence-corrected chi connectivity index (χ0v) is 10.3. The number of carboxylic acid groups (broad SMARTS) is 1. The van der Waals surface area contributed by atoms with Gasteiger partial charge in [0.25, 0.3) is 0 Å². The lowest BCUT2D eigenvalue weighted by atomic mass is 10.1. The second-order valence-corrected chi connectivity index (χ2v) is 5.39. The Morgan fingerprint density at radius 2 is 2.12 bits per heavy atom. The second-order valence-electron chi connectivity index (χ2n) is 4.24. The predicted molar refractivity (Wildman–Crippen MR) is 63.7 cm³/mol. The summed E-state index contributed by atoms with van der Waals surface area (Å²) < 4.78 is 0. The summed E-state index contributed by atoms with van der Waals surface area (Å²) in [5.74, 6) is 0.844. The number of aliphatic carboxylic acids is 1. The van der Waals surface area contributed by atoms with Gasteiger partial charge in [-0.15, -0.1) is 0 Å². The fourth-order valence-electron chi connectivity index (χ4n) is 1.53. The number of nitrogens with one attached hydrogen (secondary N) is 2. The van der Waals surface area contributed by atoms with Crippen molar-refractivity contribution in [2.24, 2.45) is 5.92 Å². The molecule has 0 aromatic rings. The van der Waals surface area contributed by atoms with Crippen molar-refractivity contribution in [2.75, 3.05) is 11.5 Å². The SMILES string of the molecule is CC(C)C(NC(=O)NC1CCSC1)C(=O)O. The van der Waals surface area contributed by atoms with Crippen molar-refractivity contribution in [3.63, 3.8) is 0 Å². The summed E-state index contributed by atoms with van der Waals surface area (Å²) in [7, 11) is 0. The molecule has 16 heavy (non-hydrogen) atoms. The molecule has 1 fully saturated rings. The maximum absolute atomic E-state index is 11.5. The first kappa shape index (κ1) is 13.2. The molecule has 2 unspecified atom stereocenters. The number of thioether (sulfide) groups is 1. The topological polar surface area (TPSA) is 78.4 Å². The minimum atomic E-state index is -0.994. The van der Waals surface area contributed by atoms with Crippen molar-refractivity contribution in [3.8, 4) is 0 Å². The van der Waals surface area contributed by atoms with E-state index in [1.54, 1.807) is 25.6 Å². The molecule has 0 spiro atoms. The molecule has 0 saturated carbocycles. The molecule has 5 nitrogen and oxygen atoms in total. The quantitative estimate of drug-likeness (QED) is 0.688. The first-order valence-electron chi connectivity index (χ1n) is 5.38. The van der Waals surface area contributed by atoms with E-state index in [0.29, 0.717) is 0 Å². The van der Waals surface area contributed by atoms with Crippen LogP contribution in [0.2, 0.25) is 0 Å². The summed E-state index contributed by atoms with van der Waals surface area (Å²) in [6.07, 6.45) is 0.956. The Morgan fingerprint density at radius 3 is 2.56 bits per heavy atom. The normalized spacial score (nSPS) is 21.8. The zero-order chi connectivity index (χ0) is 12.1. The number of hydrogen-bond donors (Lipinski definition) is 3. The maximum Gasteiger partial charge on any atom is 0.326 e. The van der Waals surface area contributed by atoms with E-state index in [9.17, 15) is 9.59 Å². The Balaban J connectivity index is 2.38. The van der Waals surface area contributed by atoms with Crippen LogP contribution in [-0.2, 0) is 4.79 Å². The van der Waals surface area contributed by atoms with Gasteiger partial charge in [0.05, 0.1) is 0 Å². The van der Waals surface area contributed by atoms with E-state index < -0.39 is 12.0 Å². The number of rotatable bonds is 4. The highest BCUT2D eigenvalue weighted by Crippen LogP contribution is 2.16. The van der Waals surface area contributed by atoms with Gasteiger partial charge in [-0.05, 0) is 18.1 Å². The number of carbonyl (C=O) groups excluding carboxylic acids is 1. The van der Waals surface area contributed by atoms with Crippen LogP contribution in [0, 0.1) is 5.92 Å². The summed E-state index contributed by atoms with van der Waals surface area (Å²) in [4.78, 5) is 22.4. The van der Waals surface area contributed by atoms with E-state index >= 15 is 0 Å². The zero-order valence-electron chi connectivity index (χ0n) is 9.53. The third-order valence-electron chi connectivity index (χ3n) is 2.48. The van der Waals surface area contributed by atoms with Crippen molar-refractivity contribution in [2.45, 2.75) is 32.4 Å². The molecule has 1 rings (SSSR count). The molecule has 1 saturated heterocycles. The molecule has 1 aliphatic heterocycles. The number of amides is 2. The van der Waals surface area contributed by atoms with Gasteiger partial charge in [-0.25, -0.2) is 9.59 Å². The van der Waals surface area contributed by atoms with E-state index in [0.717, 1.165) is 17.9 Å². The van der Waals surface area contributed by atoms with Crippen LogP contribution in [0.15, 0.2) is 0 Å². The van der Waals surface area contributed by atoms with Crippen LogP contribution in [0.4, 0.5) is 4.79 Å². The van der Waals surface area contributed by atoms with Crippen molar-refractivity contribution in [1.29, 1.82) is 0 Å². The van der Waals surface area contributed by atoms with Crippen LogP contribution in [-0.4, -0.2) is 40.7 Å². The van der Waals surface area contributed by atoms with Gasteiger partial charge < -0.3 is 15.7 Å². The average Bonchev–Trinajstić information content (AvgIpc) is 2.65. The highest BCUT2D eigenvalue weighted by molar-refractivity contribution is 7.99. The summed E-state index contributed by atoms with van der Waals surface area (Å²) >= 11 is 1.80. The Kier molecular flexibility index (Phi) is 4.92. The molecule has 0 aromatic carbocycles. The summed E-state index contributed by atoms with van der Waals surface area (Å²) in [5.41, 5.74) is 0. The molecule has 0 bridgehead atoms. The standard InChI is InChI=1S/C10H18N2O3S/c1-6(2)8(9(13)14)12-10(15)11-7-3-4-16-5-7/h6-8H,3-5H2,1-2H3,(H,13,14)(H2,11,12,15). The van der Waals surface area contributed by atoms with Crippen molar-refractivity contribution in [3.05, 3.63) is 0 Å². The Hall–Kier alpha value is -0.910. The smallest absolute Gasteiger partial charge is 0.326 e. The monoisotopic (exact) mass is 246 g/mol. The molecule has 2 atom stereocenters. The van der Waals surface area contributed by atoms with Crippen LogP contribution in [0.5, 0.6) is 0 Å².